The first-order chi connectivity index (χ1) is 6.17. The molecule has 1 unspecified atom stereocenters. The maximum absolute atomic E-state index is 14.0. The maximum Gasteiger partial charge on any atom is 0.148 e. The second-order valence-electron chi connectivity index (χ2n) is 3.47. The van der Waals surface area contributed by atoms with Crippen molar-refractivity contribution in [1.29, 1.82) is 0 Å². The summed E-state index contributed by atoms with van der Waals surface area (Å²) in [5, 5.41) is 9.45. The van der Waals surface area contributed by atoms with Crippen molar-refractivity contribution >= 4 is 0 Å². The summed E-state index contributed by atoms with van der Waals surface area (Å²) in [5.74, 6) is 0.186. The van der Waals surface area contributed by atoms with E-state index in [9.17, 15) is 9.50 Å². The van der Waals surface area contributed by atoms with E-state index in [0.29, 0.717) is 18.4 Å². The Labute approximate surface area is 76.2 Å². The Morgan fingerprint density at radius 1 is 1.54 bits per heavy atom. The normalized spacial score (nSPS) is 26.0. The molecule has 1 aromatic rings. The Kier molecular flexibility index (Phi) is 1.77. The summed E-state index contributed by atoms with van der Waals surface area (Å²) < 4.78 is 14.0. The van der Waals surface area contributed by atoms with Crippen LogP contribution in [-0.4, -0.2) is 11.7 Å². The first-order valence-corrected chi connectivity index (χ1v) is 4.38. The van der Waals surface area contributed by atoms with Gasteiger partial charge in [0.1, 0.15) is 11.4 Å². The van der Waals surface area contributed by atoms with Gasteiger partial charge in [-0.1, -0.05) is 12.1 Å². The lowest BCUT2D eigenvalue weighted by atomic mass is 9.98. The van der Waals surface area contributed by atoms with Crippen LogP contribution in [0.5, 0.6) is 5.75 Å². The van der Waals surface area contributed by atoms with E-state index in [2.05, 4.69) is 0 Å². The van der Waals surface area contributed by atoms with Gasteiger partial charge >= 0.3 is 0 Å². The standard InChI is InChI=1S/C10H12FNO/c11-10(6-12)5-4-7-8(10)2-1-3-9(7)13/h1-3,13H,4-6,12H2. The van der Waals surface area contributed by atoms with Crippen molar-refractivity contribution in [3.05, 3.63) is 29.3 Å². The van der Waals surface area contributed by atoms with Crippen LogP contribution >= 0.6 is 0 Å². The summed E-state index contributed by atoms with van der Waals surface area (Å²) in [4.78, 5) is 0. The third-order valence-corrected chi connectivity index (χ3v) is 2.73. The van der Waals surface area contributed by atoms with Gasteiger partial charge in [-0.3, -0.25) is 0 Å². The van der Waals surface area contributed by atoms with Crippen LogP contribution in [0.4, 0.5) is 4.39 Å². The second kappa shape index (κ2) is 2.70. The van der Waals surface area contributed by atoms with Gasteiger partial charge in [0.25, 0.3) is 0 Å². The number of hydrogen-bond donors (Lipinski definition) is 2. The first kappa shape index (κ1) is 8.51. The van der Waals surface area contributed by atoms with E-state index in [1.807, 2.05) is 0 Å². The summed E-state index contributed by atoms with van der Waals surface area (Å²) in [7, 11) is 0. The zero-order chi connectivity index (χ0) is 9.47. The molecule has 3 heteroatoms. The van der Waals surface area contributed by atoms with E-state index in [0.717, 1.165) is 5.56 Å². The minimum Gasteiger partial charge on any atom is -0.508 e. The van der Waals surface area contributed by atoms with E-state index in [1.165, 1.54) is 0 Å². The number of alkyl halides is 1. The molecule has 0 aliphatic heterocycles. The van der Waals surface area contributed by atoms with E-state index in [1.54, 1.807) is 18.2 Å². The van der Waals surface area contributed by atoms with Crippen molar-refractivity contribution in [1.82, 2.24) is 0 Å². The molecule has 2 rings (SSSR count). The lowest BCUT2D eigenvalue weighted by Gasteiger charge is -2.17. The van der Waals surface area contributed by atoms with Crippen molar-refractivity contribution in [2.24, 2.45) is 5.73 Å². The van der Waals surface area contributed by atoms with Crippen LogP contribution < -0.4 is 5.73 Å². The lowest BCUT2D eigenvalue weighted by molar-refractivity contribution is 0.177. The monoisotopic (exact) mass is 181 g/mol. The van der Waals surface area contributed by atoms with Gasteiger partial charge < -0.3 is 10.8 Å². The van der Waals surface area contributed by atoms with Gasteiger partial charge in [-0.2, -0.15) is 0 Å². The van der Waals surface area contributed by atoms with Crippen molar-refractivity contribution in [2.45, 2.75) is 18.5 Å². The number of hydrogen-bond acceptors (Lipinski definition) is 2. The minimum atomic E-state index is -1.42. The van der Waals surface area contributed by atoms with Gasteiger partial charge in [0.15, 0.2) is 0 Å². The van der Waals surface area contributed by atoms with Gasteiger partial charge in [-0.15, -0.1) is 0 Å². The van der Waals surface area contributed by atoms with Crippen LogP contribution in [0.3, 0.4) is 0 Å². The molecule has 13 heavy (non-hydrogen) atoms. The quantitative estimate of drug-likeness (QED) is 0.689. The number of fused-ring (bicyclic) bond motifs is 1. The first-order valence-electron chi connectivity index (χ1n) is 4.38. The number of benzene rings is 1. The molecule has 70 valence electrons. The summed E-state index contributed by atoms with van der Waals surface area (Å²) in [5.41, 5.74) is 5.24. The molecule has 0 spiro atoms. The largest absolute Gasteiger partial charge is 0.508 e. The highest BCUT2D eigenvalue weighted by Gasteiger charge is 2.38. The average molecular weight is 181 g/mol. The number of rotatable bonds is 1. The number of aromatic hydroxyl groups is 1. The van der Waals surface area contributed by atoms with Crippen LogP contribution in [0.15, 0.2) is 18.2 Å². The smallest absolute Gasteiger partial charge is 0.148 e. The summed E-state index contributed by atoms with van der Waals surface area (Å²) in [6.45, 7) is -0.0105. The molecular weight excluding hydrogens is 169 g/mol. The Hall–Kier alpha value is -1.09. The third kappa shape index (κ3) is 1.11. The Balaban J connectivity index is 2.55. The molecule has 0 saturated carbocycles. The average Bonchev–Trinajstić information content (AvgIpc) is 2.47. The molecule has 1 aromatic carbocycles. The van der Waals surface area contributed by atoms with Crippen LogP contribution in [0.25, 0.3) is 0 Å². The fourth-order valence-electron chi connectivity index (χ4n) is 1.93. The van der Waals surface area contributed by atoms with Crippen molar-refractivity contribution in [3.8, 4) is 5.75 Å². The van der Waals surface area contributed by atoms with Gasteiger partial charge in [0.05, 0.1) is 0 Å². The summed E-state index contributed by atoms with van der Waals surface area (Å²) >= 11 is 0. The van der Waals surface area contributed by atoms with Crippen molar-refractivity contribution in [3.63, 3.8) is 0 Å². The summed E-state index contributed by atoms with van der Waals surface area (Å²) in [6.07, 6.45) is 0.964. The number of phenols is 1. The number of phenolic OH excluding ortho intramolecular Hbond substituents is 1. The molecule has 3 N–H and O–H groups in total. The summed E-state index contributed by atoms with van der Waals surface area (Å²) in [6, 6.07) is 4.94. The van der Waals surface area contributed by atoms with Gasteiger partial charge in [-0.25, -0.2) is 4.39 Å². The third-order valence-electron chi connectivity index (χ3n) is 2.73. The van der Waals surface area contributed by atoms with Crippen LogP contribution in [0, 0.1) is 0 Å². The predicted octanol–water partition coefficient (Wildman–Crippen LogP) is 1.46. The Morgan fingerprint density at radius 3 is 3.00 bits per heavy atom. The number of halogens is 1. The zero-order valence-electron chi connectivity index (χ0n) is 7.26. The van der Waals surface area contributed by atoms with Gasteiger partial charge in [0.2, 0.25) is 0 Å². The van der Waals surface area contributed by atoms with E-state index < -0.39 is 5.67 Å². The molecule has 0 saturated heterocycles. The molecule has 0 fully saturated rings. The Bertz CT molecular complexity index is 340. The fourth-order valence-corrected chi connectivity index (χ4v) is 1.93. The van der Waals surface area contributed by atoms with Crippen molar-refractivity contribution in [2.75, 3.05) is 6.54 Å². The molecule has 0 bridgehead atoms. The molecule has 1 aliphatic carbocycles. The maximum atomic E-state index is 14.0. The Morgan fingerprint density at radius 2 is 2.31 bits per heavy atom. The fraction of sp³-hybridized carbons (Fsp3) is 0.400. The van der Waals surface area contributed by atoms with E-state index in [4.69, 9.17) is 5.73 Å². The minimum absolute atomic E-state index is 0.0105. The highest BCUT2D eigenvalue weighted by Crippen LogP contribution is 2.42. The van der Waals surface area contributed by atoms with E-state index in [-0.39, 0.29) is 12.3 Å². The molecule has 0 heterocycles. The molecule has 2 nitrogen and oxygen atoms in total. The topological polar surface area (TPSA) is 46.2 Å². The lowest BCUT2D eigenvalue weighted by Crippen LogP contribution is -2.27. The van der Waals surface area contributed by atoms with Crippen molar-refractivity contribution < 1.29 is 9.50 Å². The number of nitrogens with two attached hydrogens (primary N) is 1. The molecule has 0 aromatic heterocycles. The van der Waals surface area contributed by atoms with Gasteiger partial charge in [0, 0.05) is 12.1 Å². The zero-order valence-corrected chi connectivity index (χ0v) is 7.26. The highest BCUT2D eigenvalue weighted by atomic mass is 19.1. The predicted molar refractivity (Wildman–Crippen MR) is 48.3 cm³/mol. The molecular formula is C10H12FNO. The molecule has 0 radical (unpaired) electrons. The second-order valence-corrected chi connectivity index (χ2v) is 3.47. The SMILES string of the molecule is NCC1(F)CCc2c(O)cccc21. The molecule has 1 atom stereocenters. The van der Waals surface area contributed by atoms with E-state index >= 15 is 0 Å². The van der Waals surface area contributed by atoms with Crippen LogP contribution in [-0.2, 0) is 12.1 Å². The molecule has 1 aliphatic rings. The highest BCUT2D eigenvalue weighted by molar-refractivity contribution is 5.46. The molecule has 0 amide bonds. The van der Waals surface area contributed by atoms with Gasteiger partial charge in [-0.05, 0) is 24.5 Å². The van der Waals surface area contributed by atoms with Crippen LogP contribution in [0.2, 0.25) is 0 Å². The van der Waals surface area contributed by atoms with Crippen LogP contribution in [0.1, 0.15) is 17.5 Å².